The molecule has 1 aromatic rings. The Labute approximate surface area is 141 Å². The van der Waals surface area contributed by atoms with E-state index in [1.54, 1.807) is 6.92 Å². The van der Waals surface area contributed by atoms with E-state index < -0.39 is 30.2 Å². The van der Waals surface area contributed by atoms with Crippen LogP contribution in [0.4, 0.5) is 18.0 Å². The van der Waals surface area contributed by atoms with Gasteiger partial charge in [0.2, 0.25) is 5.88 Å². The molecule has 0 saturated carbocycles. The van der Waals surface area contributed by atoms with Crippen molar-refractivity contribution in [1.29, 1.82) is 0 Å². The van der Waals surface area contributed by atoms with Crippen molar-refractivity contribution in [1.82, 2.24) is 15.2 Å². The molecule has 7 nitrogen and oxygen atoms in total. The predicted molar refractivity (Wildman–Crippen MR) is 80.0 cm³/mol. The van der Waals surface area contributed by atoms with E-state index in [9.17, 15) is 22.8 Å². The van der Waals surface area contributed by atoms with Crippen LogP contribution in [0.15, 0.2) is 18.3 Å². The average molecular weight is 361 g/mol. The highest BCUT2D eigenvalue weighted by molar-refractivity contribution is 5.79. The van der Waals surface area contributed by atoms with Gasteiger partial charge in [0, 0.05) is 31.9 Å². The number of carboxylic acid groups (broad SMARTS) is 1. The number of likely N-dealkylation sites (tertiary alicyclic amines) is 1. The lowest BCUT2D eigenvalue weighted by molar-refractivity contribution is -0.154. The van der Waals surface area contributed by atoms with E-state index >= 15 is 0 Å². The van der Waals surface area contributed by atoms with Gasteiger partial charge in [-0.2, -0.15) is 13.2 Å². The number of halogens is 3. The first kappa shape index (κ1) is 18.8. The van der Waals surface area contributed by atoms with Gasteiger partial charge in [0.25, 0.3) is 0 Å². The monoisotopic (exact) mass is 361 g/mol. The molecule has 2 amide bonds. The third-order valence-corrected chi connectivity index (χ3v) is 3.90. The lowest BCUT2D eigenvalue weighted by atomic mass is 9.90. The number of ether oxygens (including phenoxy) is 1. The minimum Gasteiger partial charge on any atom is -0.481 e. The molecule has 1 aromatic heterocycles. The van der Waals surface area contributed by atoms with Crippen LogP contribution in [0.2, 0.25) is 0 Å². The summed E-state index contributed by atoms with van der Waals surface area (Å²) in [6.45, 7) is 0.618. The molecule has 1 unspecified atom stereocenters. The van der Waals surface area contributed by atoms with Crippen molar-refractivity contribution in [3.8, 4) is 5.88 Å². The first-order chi connectivity index (χ1) is 11.6. The van der Waals surface area contributed by atoms with Gasteiger partial charge in [-0.25, -0.2) is 9.78 Å². The number of hydrogen-bond acceptors (Lipinski definition) is 4. The zero-order valence-electron chi connectivity index (χ0n) is 13.5. The molecule has 1 aliphatic heterocycles. The Hall–Kier alpha value is -2.52. The molecule has 0 bridgehead atoms. The number of nitrogens with one attached hydrogen (secondary N) is 1. The Kier molecular flexibility index (Phi) is 5.39. The fourth-order valence-corrected chi connectivity index (χ4v) is 2.39. The Balaban J connectivity index is 1.87. The van der Waals surface area contributed by atoms with Crippen LogP contribution in [0, 0.1) is 5.41 Å². The van der Waals surface area contributed by atoms with Crippen molar-refractivity contribution in [3.63, 3.8) is 0 Å². The molecule has 1 aliphatic rings. The second-order valence-corrected chi connectivity index (χ2v) is 6.10. The molecule has 25 heavy (non-hydrogen) atoms. The van der Waals surface area contributed by atoms with E-state index in [2.05, 4.69) is 15.0 Å². The number of hydrogen-bond donors (Lipinski definition) is 2. The molecular formula is C15H18F3N3O4. The third-order valence-electron chi connectivity index (χ3n) is 3.90. The molecule has 1 atom stereocenters. The number of rotatable bonds is 5. The largest absolute Gasteiger partial charge is 0.481 e. The maximum Gasteiger partial charge on any atom is 0.422 e. The zero-order valence-corrected chi connectivity index (χ0v) is 13.5. The highest BCUT2D eigenvalue weighted by Crippen LogP contribution is 2.30. The van der Waals surface area contributed by atoms with E-state index in [1.165, 1.54) is 23.2 Å². The number of carbonyl (C=O) groups excluding carboxylic acids is 1. The van der Waals surface area contributed by atoms with Crippen molar-refractivity contribution < 1.29 is 32.6 Å². The lowest BCUT2D eigenvalue weighted by Crippen LogP contribution is -2.40. The zero-order chi connectivity index (χ0) is 18.7. The maximum absolute atomic E-state index is 12.1. The number of amides is 2. The molecule has 1 fully saturated rings. The number of aromatic nitrogens is 1. The number of carboxylic acids is 1. The van der Waals surface area contributed by atoms with Crippen LogP contribution >= 0.6 is 0 Å². The van der Waals surface area contributed by atoms with Crippen molar-refractivity contribution in [2.45, 2.75) is 26.1 Å². The van der Waals surface area contributed by atoms with Crippen LogP contribution in [0.1, 0.15) is 18.9 Å². The first-order valence-electron chi connectivity index (χ1n) is 7.50. The van der Waals surface area contributed by atoms with Crippen LogP contribution in [0.5, 0.6) is 5.88 Å². The fourth-order valence-electron chi connectivity index (χ4n) is 2.39. The van der Waals surface area contributed by atoms with Gasteiger partial charge in [-0.3, -0.25) is 4.79 Å². The summed E-state index contributed by atoms with van der Waals surface area (Å²) in [5.74, 6) is -1.15. The van der Waals surface area contributed by atoms with Gasteiger partial charge < -0.3 is 20.1 Å². The summed E-state index contributed by atoms with van der Waals surface area (Å²) in [6, 6.07) is 2.41. The molecule has 0 aliphatic carbocycles. The highest BCUT2D eigenvalue weighted by Gasteiger charge is 2.42. The summed E-state index contributed by atoms with van der Waals surface area (Å²) in [5, 5.41) is 11.8. The van der Waals surface area contributed by atoms with Gasteiger partial charge in [0.1, 0.15) is 0 Å². The normalized spacial score (nSPS) is 20.4. The number of urea groups is 1. The van der Waals surface area contributed by atoms with E-state index in [1.807, 2.05) is 0 Å². The molecule has 0 spiro atoms. The molecule has 138 valence electrons. The Morgan fingerprint density at radius 1 is 1.48 bits per heavy atom. The third kappa shape index (κ3) is 5.23. The predicted octanol–water partition coefficient (Wildman–Crippen LogP) is 2.03. The van der Waals surface area contributed by atoms with Crippen LogP contribution in [0.25, 0.3) is 0 Å². The van der Waals surface area contributed by atoms with Crippen molar-refractivity contribution in [2.75, 3.05) is 19.7 Å². The Bertz CT molecular complexity index is 653. The first-order valence-corrected chi connectivity index (χ1v) is 7.50. The highest BCUT2D eigenvalue weighted by atomic mass is 19.4. The van der Waals surface area contributed by atoms with Gasteiger partial charge in [-0.1, -0.05) is 0 Å². The maximum atomic E-state index is 12.1. The van der Waals surface area contributed by atoms with Gasteiger partial charge in [0.05, 0.1) is 5.41 Å². The summed E-state index contributed by atoms with van der Waals surface area (Å²) in [6.07, 6.45) is -2.82. The van der Waals surface area contributed by atoms with E-state index in [0.29, 0.717) is 18.5 Å². The summed E-state index contributed by atoms with van der Waals surface area (Å²) in [5.41, 5.74) is -0.451. The quantitative estimate of drug-likeness (QED) is 0.837. The van der Waals surface area contributed by atoms with Crippen molar-refractivity contribution >= 4 is 12.0 Å². The SMILES string of the molecule is CC1(C(=O)O)CCN(C(=O)NCc2ccnc(OCC(F)(F)F)c2)C1. The van der Waals surface area contributed by atoms with Gasteiger partial charge in [-0.05, 0) is 25.0 Å². The van der Waals surface area contributed by atoms with E-state index in [4.69, 9.17) is 5.11 Å². The van der Waals surface area contributed by atoms with E-state index in [-0.39, 0.29) is 19.0 Å². The molecular weight excluding hydrogens is 343 g/mol. The molecule has 2 N–H and O–H groups in total. The molecule has 0 aromatic carbocycles. The fraction of sp³-hybridized carbons (Fsp3) is 0.533. The Morgan fingerprint density at radius 3 is 2.80 bits per heavy atom. The van der Waals surface area contributed by atoms with Crippen LogP contribution in [-0.4, -0.2) is 52.9 Å². The van der Waals surface area contributed by atoms with Crippen LogP contribution < -0.4 is 10.1 Å². The van der Waals surface area contributed by atoms with Crippen LogP contribution in [0.3, 0.4) is 0 Å². The molecule has 10 heteroatoms. The molecule has 2 rings (SSSR count). The number of aliphatic carboxylic acids is 1. The smallest absolute Gasteiger partial charge is 0.422 e. The number of alkyl halides is 3. The Morgan fingerprint density at radius 2 is 2.20 bits per heavy atom. The minimum absolute atomic E-state index is 0.0595. The standard InChI is InChI=1S/C15H18F3N3O4/c1-14(12(22)23)3-5-21(8-14)13(24)20-7-10-2-4-19-11(6-10)25-9-15(16,17)18/h2,4,6H,3,5,7-9H2,1H3,(H,20,24)(H,22,23). The number of pyridine rings is 1. The summed E-state index contributed by atoms with van der Waals surface area (Å²) >= 11 is 0. The topological polar surface area (TPSA) is 91.8 Å². The number of carbonyl (C=O) groups is 2. The second-order valence-electron chi connectivity index (χ2n) is 6.10. The lowest BCUT2D eigenvalue weighted by Gasteiger charge is -2.20. The summed E-state index contributed by atoms with van der Waals surface area (Å²) in [4.78, 5) is 28.4. The number of nitrogens with zero attached hydrogens (tertiary/aromatic N) is 2. The molecule has 1 saturated heterocycles. The van der Waals surface area contributed by atoms with Gasteiger partial charge >= 0.3 is 18.2 Å². The van der Waals surface area contributed by atoms with Crippen LogP contribution in [-0.2, 0) is 11.3 Å². The van der Waals surface area contributed by atoms with Crippen molar-refractivity contribution in [2.24, 2.45) is 5.41 Å². The second kappa shape index (κ2) is 7.16. The minimum atomic E-state index is -4.46. The van der Waals surface area contributed by atoms with Gasteiger partial charge in [0.15, 0.2) is 6.61 Å². The van der Waals surface area contributed by atoms with E-state index in [0.717, 1.165) is 0 Å². The van der Waals surface area contributed by atoms with Gasteiger partial charge in [-0.15, -0.1) is 0 Å². The molecule has 0 radical (unpaired) electrons. The molecule has 2 heterocycles. The summed E-state index contributed by atoms with van der Waals surface area (Å²) in [7, 11) is 0. The summed E-state index contributed by atoms with van der Waals surface area (Å²) < 4.78 is 40.9. The van der Waals surface area contributed by atoms with Crippen molar-refractivity contribution in [3.05, 3.63) is 23.9 Å². The average Bonchev–Trinajstić information content (AvgIpc) is 2.94.